The molecule has 4 heteroatoms. The molecule has 1 fully saturated rings. The molecular weight excluding hydrogens is 250 g/mol. The van der Waals surface area contributed by atoms with E-state index in [-0.39, 0.29) is 5.60 Å². The maximum atomic E-state index is 5.86. The van der Waals surface area contributed by atoms with Gasteiger partial charge in [0.25, 0.3) is 0 Å². The molecule has 1 N–H and O–H groups in total. The third-order valence-corrected chi connectivity index (χ3v) is 4.42. The highest BCUT2D eigenvalue weighted by molar-refractivity contribution is 5.33. The Morgan fingerprint density at radius 1 is 1.25 bits per heavy atom. The van der Waals surface area contributed by atoms with Crippen LogP contribution in [0.1, 0.15) is 58.7 Å². The number of ether oxygens (including phenoxy) is 1. The van der Waals surface area contributed by atoms with E-state index in [0.29, 0.717) is 5.41 Å². The van der Waals surface area contributed by atoms with Crippen molar-refractivity contribution in [1.82, 2.24) is 9.97 Å². The number of hydrogen-bond donors (Lipinski definition) is 1. The van der Waals surface area contributed by atoms with Crippen molar-refractivity contribution in [2.45, 2.75) is 58.5 Å². The summed E-state index contributed by atoms with van der Waals surface area (Å²) in [7, 11) is 1.79. The lowest BCUT2D eigenvalue weighted by atomic mass is 9.70. The van der Waals surface area contributed by atoms with E-state index in [1.165, 1.54) is 0 Å². The first kappa shape index (κ1) is 15.2. The van der Waals surface area contributed by atoms with Crippen LogP contribution in [0.25, 0.3) is 0 Å². The molecule has 1 aromatic rings. The summed E-state index contributed by atoms with van der Waals surface area (Å²) in [4.78, 5) is 9.16. The van der Waals surface area contributed by atoms with Crippen LogP contribution >= 0.6 is 0 Å². The Bertz CT molecular complexity index is 435. The van der Waals surface area contributed by atoms with Gasteiger partial charge in [0.1, 0.15) is 11.4 Å². The van der Waals surface area contributed by atoms with E-state index in [0.717, 1.165) is 50.3 Å². The van der Waals surface area contributed by atoms with Gasteiger partial charge in [-0.3, -0.25) is 0 Å². The largest absolute Gasteiger partial charge is 0.370 e. The van der Waals surface area contributed by atoms with Crippen LogP contribution in [0.2, 0.25) is 0 Å². The molecule has 0 aliphatic heterocycles. The lowest BCUT2D eigenvalue weighted by Crippen LogP contribution is -2.38. The van der Waals surface area contributed by atoms with Gasteiger partial charge < -0.3 is 10.1 Å². The Morgan fingerprint density at radius 2 is 1.95 bits per heavy atom. The van der Waals surface area contributed by atoms with Crippen molar-refractivity contribution in [3.05, 3.63) is 18.1 Å². The Kier molecular flexibility index (Phi) is 4.63. The van der Waals surface area contributed by atoms with Crippen molar-refractivity contribution >= 4 is 5.82 Å². The molecule has 4 nitrogen and oxygen atoms in total. The van der Waals surface area contributed by atoms with E-state index >= 15 is 0 Å². The molecule has 1 saturated carbocycles. The average molecular weight is 277 g/mol. The normalized spacial score (nSPS) is 20.6. The molecule has 20 heavy (non-hydrogen) atoms. The van der Waals surface area contributed by atoms with Crippen LogP contribution in [0.15, 0.2) is 12.3 Å². The van der Waals surface area contributed by atoms with E-state index in [2.05, 4.69) is 36.1 Å². The molecule has 0 saturated heterocycles. The highest BCUT2D eigenvalue weighted by Gasteiger charge is 2.42. The third-order valence-electron chi connectivity index (χ3n) is 4.42. The minimum atomic E-state index is -0.306. The van der Waals surface area contributed by atoms with Crippen LogP contribution in [0.3, 0.4) is 0 Å². The Labute approximate surface area is 122 Å². The van der Waals surface area contributed by atoms with Gasteiger partial charge in [-0.05, 0) is 43.6 Å². The maximum absolute atomic E-state index is 5.86. The summed E-state index contributed by atoms with van der Waals surface area (Å²) in [5, 5.41) is 3.32. The van der Waals surface area contributed by atoms with E-state index in [4.69, 9.17) is 4.74 Å². The SMILES string of the molecule is CCCNc1ccnc(C2(OC)CCC(C)(C)CC2)n1. The topological polar surface area (TPSA) is 47.0 Å². The van der Waals surface area contributed by atoms with Gasteiger partial charge in [0.2, 0.25) is 0 Å². The molecule has 1 heterocycles. The predicted octanol–water partition coefficient (Wildman–Crippen LogP) is 3.74. The monoisotopic (exact) mass is 277 g/mol. The lowest BCUT2D eigenvalue weighted by Gasteiger charge is -2.41. The number of aromatic nitrogens is 2. The molecule has 0 atom stereocenters. The van der Waals surface area contributed by atoms with Crippen molar-refractivity contribution in [1.29, 1.82) is 0 Å². The molecule has 1 aromatic heterocycles. The molecule has 0 radical (unpaired) electrons. The van der Waals surface area contributed by atoms with Crippen molar-refractivity contribution in [2.75, 3.05) is 19.0 Å². The van der Waals surface area contributed by atoms with E-state index in [1.54, 1.807) is 7.11 Å². The molecule has 0 spiro atoms. The fourth-order valence-electron chi connectivity index (χ4n) is 2.78. The molecule has 1 aliphatic carbocycles. The molecule has 2 rings (SSSR count). The fourth-order valence-corrected chi connectivity index (χ4v) is 2.78. The summed E-state index contributed by atoms with van der Waals surface area (Å²) < 4.78 is 5.86. The van der Waals surface area contributed by atoms with Gasteiger partial charge in [0, 0.05) is 19.9 Å². The minimum Gasteiger partial charge on any atom is -0.370 e. The van der Waals surface area contributed by atoms with Crippen LogP contribution in [0, 0.1) is 5.41 Å². The van der Waals surface area contributed by atoms with Gasteiger partial charge in [-0.2, -0.15) is 0 Å². The quantitative estimate of drug-likeness (QED) is 0.890. The zero-order valence-electron chi connectivity index (χ0n) is 13.2. The van der Waals surface area contributed by atoms with Crippen molar-refractivity contribution < 1.29 is 4.74 Å². The number of nitrogens with one attached hydrogen (secondary N) is 1. The summed E-state index contributed by atoms with van der Waals surface area (Å²) in [5.41, 5.74) is 0.0968. The molecule has 0 aromatic carbocycles. The highest BCUT2D eigenvalue weighted by atomic mass is 16.5. The first-order chi connectivity index (χ1) is 9.51. The second kappa shape index (κ2) is 6.08. The van der Waals surface area contributed by atoms with Gasteiger partial charge in [0.15, 0.2) is 5.82 Å². The fraction of sp³-hybridized carbons (Fsp3) is 0.750. The molecule has 0 amide bonds. The number of methoxy groups -OCH3 is 1. The zero-order chi connectivity index (χ0) is 14.6. The predicted molar refractivity (Wildman–Crippen MR) is 81.7 cm³/mol. The summed E-state index contributed by atoms with van der Waals surface area (Å²) >= 11 is 0. The van der Waals surface area contributed by atoms with Crippen molar-refractivity contribution in [2.24, 2.45) is 5.41 Å². The number of anilines is 1. The van der Waals surface area contributed by atoms with Crippen molar-refractivity contribution in [3.63, 3.8) is 0 Å². The number of rotatable bonds is 5. The molecule has 0 unspecified atom stereocenters. The maximum Gasteiger partial charge on any atom is 0.162 e. The zero-order valence-corrected chi connectivity index (χ0v) is 13.2. The van der Waals surface area contributed by atoms with E-state index < -0.39 is 0 Å². The third kappa shape index (κ3) is 3.29. The summed E-state index contributed by atoms with van der Waals surface area (Å²) in [6.45, 7) is 7.73. The van der Waals surface area contributed by atoms with Crippen LogP contribution in [0.5, 0.6) is 0 Å². The van der Waals surface area contributed by atoms with Gasteiger partial charge in [0.05, 0.1) is 0 Å². The summed E-state index contributed by atoms with van der Waals surface area (Å²) in [6.07, 6.45) is 7.21. The van der Waals surface area contributed by atoms with Gasteiger partial charge >= 0.3 is 0 Å². The van der Waals surface area contributed by atoms with Gasteiger partial charge in [-0.25, -0.2) is 9.97 Å². The first-order valence-electron chi connectivity index (χ1n) is 7.64. The second-order valence-electron chi connectivity index (χ2n) is 6.55. The van der Waals surface area contributed by atoms with Crippen LogP contribution < -0.4 is 5.32 Å². The standard InChI is InChI=1S/C16H27N3O/c1-5-11-17-13-6-12-18-14(19-13)16(20-4)9-7-15(2,3)8-10-16/h6,12H,5,7-11H2,1-4H3,(H,17,18,19). The Hall–Kier alpha value is -1.16. The number of nitrogens with zero attached hydrogens (tertiary/aromatic N) is 2. The Morgan fingerprint density at radius 3 is 2.55 bits per heavy atom. The van der Waals surface area contributed by atoms with Crippen molar-refractivity contribution in [3.8, 4) is 0 Å². The Balaban J connectivity index is 2.19. The second-order valence-corrected chi connectivity index (χ2v) is 6.55. The molecule has 0 bridgehead atoms. The lowest BCUT2D eigenvalue weighted by molar-refractivity contribution is -0.0728. The van der Waals surface area contributed by atoms with Gasteiger partial charge in [-0.1, -0.05) is 20.8 Å². The van der Waals surface area contributed by atoms with E-state index in [1.807, 2.05) is 12.3 Å². The van der Waals surface area contributed by atoms with Crippen LogP contribution in [-0.4, -0.2) is 23.6 Å². The van der Waals surface area contributed by atoms with Crippen LogP contribution in [0.4, 0.5) is 5.82 Å². The smallest absolute Gasteiger partial charge is 0.162 e. The first-order valence-corrected chi connectivity index (χ1v) is 7.64. The number of hydrogen-bond acceptors (Lipinski definition) is 4. The van der Waals surface area contributed by atoms with Gasteiger partial charge in [-0.15, -0.1) is 0 Å². The van der Waals surface area contributed by atoms with E-state index in [9.17, 15) is 0 Å². The minimum absolute atomic E-state index is 0.306. The molecule has 112 valence electrons. The molecular formula is C16H27N3O. The average Bonchev–Trinajstić information content (AvgIpc) is 2.46. The highest BCUT2D eigenvalue weighted by Crippen LogP contribution is 2.46. The summed E-state index contributed by atoms with van der Waals surface area (Å²) in [6, 6.07) is 1.93. The summed E-state index contributed by atoms with van der Waals surface area (Å²) in [5.74, 6) is 1.73. The molecule has 1 aliphatic rings. The van der Waals surface area contributed by atoms with Crippen LogP contribution in [-0.2, 0) is 10.3 Å².